The Morgan fingerprint density at radius 1 is 0.707 bits per heavy atom. The van der Waals surface area contributed by atoms with Gasteiger partial charge in [0.25, 0.3) is 0 Å². The number of rotatable bonds is 17. The number of ether oxygens (including phenoxy) is 4. The number of hydrogen-bond donors (Lipinski definition) is 2. The number of aliphatic hydroxyl groups is 2. The number of fused-ring (bicyclic) bond motifs is 2. The Balaban J connectivity index is 1.85. The topological polar surface area (TPSA) is 77.4 Å². The Morgan fingerprint density at radius 2 is 1.20 bits per heavy atom. The SMILES string of the molecule is CCC[CH2][Sn]([CH2]CCC)([CH2]CCC)[C](=C/CO)/C(Cc1ccc2c(c1)OCO2)=C(/CO)Cc1ccc2c(c1)OCO2. The quantitative estimate of drug-likeness (QED) is 0.134. The van der Waals surface area contributed by atoms with E-state index in [2.05, 4.69) is 45.0 Å². The molecule has 224 valence electrons. The van der Waals surface area contributed by atoms with Crippen LogP contribution in [0, 0.1) is 0 Å². The molecule has 0 atom stereocenters. The van der Waals surface area contributed by atoms with Crippen LogP contribution in [0.3, 0.4) is 0 Å². The number of allylic oxidation sites excluding steroid dienone is 2. The summed E-state index contributed by atoms with van der Waals surface area (Å²) in [4.78, 5) is 0. The third kappa shape index (κ3) is 8.02. The second-order valence-electron chi connectivity index (χ2n) is 11.4. The molecule has 2 aliphatic heterocycles. The van der Waals surface area contributed by atoms with Gasteiger partial charge in [0.2, 0.25) is 0 Å². The van der Waals surface area contributed by atoms with Crippen LogP contribution in [-0.4, -0.2) is 55.4 Å². The fourth-order valence-electron chi connectivity index (χ4n) is 6.30. The molecule has 2 aromatic carbocycles. The van der Waals surface area contributed by atoms with Crippen LogP contribution in [0.4, 0.5) is 0 Å². The second-order valence-corrected chi connectivity index (χ2v) is 24.5. The van der Waals surface area contributed by atoms with E-state index in [9.17, 15) is 10.2 Å². The van der Waals surface area contributed by atoms with Crippen molar-refractivity contribution in [3.05, 3.63) is 68.3 Å². The Kier molecular flexibility index (Phi) is 12.3. The van der Waals surface area contributed by atoms with Crippen molar-refractivity contribution >= 4 is 18.4 Å². The first kappa shape index (κ1) is 31.8. The Labute approximate surface area is 250 Å². The molecule has 0 radical (unpaired) electrons. The molecule has 2 N–H and O–H groups in total. The first-order chi connectivity index (χ1) is 20.1. The summed E-state index contributed by atoms with van der Waals surface area (Å²) in [5.41, 5.74) is 4.46. The van der Waals surface area contributed by atoms with E-state index in [4.69, 9.17) is 18.9 Å². The van der Waals surface area contributed by atoms with Crippen molar-refractivity contribution in [3.8, 4) is 23.0 Å². The maximum absolute atomic E-state index is 11.0. The molecule has 7 heteroatoms. The molecule has 0 fully saturated rings. The van der Waals surface area contributed by atoms with E-state index in [-0.39, 0.29) is 26.8 Å². The molecule has 41 heavy (non-hydrogen) atoms. The van der Waals surface area contributed by atoms with E-state index < -0.39 is 18.4 Å². The van der Waals surface area contributed by atoms with Gasteiger partial charge in [-0.25, -0.2) is 0 Å². The van der Waals surface area contributed by atoms with Crippen molar-refractivity contribution in [3.63, 3.8) is 0 Å². The van der Waals surface area contributed by atoms with Gasteiger partial charge in [-0.3, -0.25) is 0 Å². The van der Waals surface area contributed by atoms with Gasteiger partial charge in [0, 0.05) is 0 Å². The Morgan fingerprint density at radius 3 is 1.66 bits per heavy atom. The summed E-state index contributed by atoms with van der Waals surface area (Å²) < 4.78 is 27.8. The van der Waals surface area contributed by atoms with Crippen LogP contribution in [0.1, 0.15) is 70.4 Å². The fraction of sp³-hybridized carbons (Fsp3) is 0.529. The number of hydrogen-bond acceptors (Lipinski definition) is 6. The van der Waals surface area contributed by atoms with Gasteiger partial charge in [-0.05, 0) is 0 Å². The summed E-state index contributed by atoms with van der Waals surface area (Å²) in [5, 5.41) is 21.4. The average molecular weight is 671 g/mol. The Bertz CT molecular complexity index is 1180. The zero-order valence-corrected chi connectivity index (χ0v) is 28.0. The first-order valence-electron chi connectivity index (χ1n) is 15.5. The summed E-state index contributed by atoms with van der Waals surface area (Å²) in [6, 6.07) is 12.2. The summed E-state index contributed by atoms with van der Waals surface area (Å²) in [6.07, 6.45) is 10.6. The van der Waals surface area contributed by atoms with E-state index in [0.29, 0.717) is 12.8 Å². The molecule has 0 aromatic heterocycles. The molecule has 4 rings (SSSR count). The Hall–Kier alpha value is -2.16. The minimum absolute atomic E-state index is 0.0196. The van der Waals surface area contributed by atoms with Gasteiger partial charge >= 0.3 is 251 Å². The molecule has 0 spiro atoms. The average Bonchev–Trinajstić information content (AvgIpc) is 3.67. The van der Waals surface area contributed by atoms with Crippen LogP contribution >= 0.6 is 0 Å². The molecule has 0 bridgehead atoms. The summed E-state index contributed by atoms with van der Waals surface area (Å²) in [5.74, 6) is 3.06. The van der Waals surface area contributed by atoms with E-state index in [0.717, 1.165) is 39.7 Å². The second kappa shape index (κ2) is 15.9. The minimum atomic E-state index is -3.03. The van der Waals surface area contributed by atoms with Crippen molar-refractivity contribution < 1.29 is 29.2 Å². The van der Waals surface area contributed by atoms with Gasteiger partial charge in [-0.15, -0.1) is 0 Å². The number of aliphatic hydroxyl groups excluding tert-OH is 2. The molecule has 2 heterocycles. The van der Waals surface area contributed by atoms with Gasteiger partial charge in [0.1, 0.15) is 0 Å². The fourth-order valence-corrected chi connectivity index (χ4v) is 23.6. The van der Waals surface area contributed by atoms with Gasteiger partial charge in [0.15, 0.2) is 0 Å². The van der Waals surface area contributed by atoms with E-state index in [1.807, 2.05) is 18.2 Å². The molecule has 0 aliphatic carbocycles. The van der Waals surface area contributed by atoms with E-state index >= 15 is 0 Å². The predicted octanol–water partition coefficient (Wildman–Crippen LogP) is 7.53. The molecule has 2 aliphatic rings. The zero-order chi connectivity index (χ0) is 29.1. The van der Waals surface area contributed by atoms with Crippen molar-refractivity contribution in [1.29, 1.82) is 0 Å². The van der Waals surface area contributed by atoms with Crippen LogP contribution in [0.5, 0.6) is 23.0 Å². The van der Waals surface area contributed by atoms with Gasteiger partial charge in [-0.1, -0.05) is 0 Å². The van der Waals surface area contributed by atoms with Crippen LogP contribution in [0.15, 0.2) is 57.2 Å². The molecule has 0 saturated carbocycles. The van der Waals surface area contributed by atoms with Gasteiger partial charge in [0.05, 0.1) is 0 Å². The maximum atomic E-state index is 11.0. The molecule has 6 nitrogen and oxygen atoms in total. The van der Waals surface area contributed by atoms with E-state index in [1.165, 1.54) is 61.0 Å². The molecule has 0 unspecified atom stereocenters. The molecule has 0 amide bonds. The van der Waals surface area contributed by atoms with Crippen molar-refractivity contribution in [2.24, 2.45) is 0 Å². The molecule has 2 aromatic rings. The van der Waals surface area contributed by atoms with Gasteiger partial charge < -0.3 is 0 Å². The predicted molar refractivity (Wildman–Crippen MR) is 167 cm³/mol. The van der Waals surface area contributed by atoms with Crippen molar-refractivity contribution in [2.45, 2.75) is 85.4 Å². The van der Waals surface area contributed by atoms with Crippen LogP contribution in [0.25, 0.3) is 0 Å². The zero-order valence-electron chi connectivity index (χ0n) is 25.2. The van der Waals surface area contributed by atoms with Crippen LogP contribution < -0.4 is 18.9 Å². The first-order valence-corrected chi connectivity index (χ1v) is 23.0. The third-order valence-electron chi connectivity index (χ3n) is 8.51. The van der Waals surface area contributed by atoms with Crippen LogP contribution in [0.2, 0.25) is 13.3 Å². The summed E-state index contributed by atoms with van der Waals surface area (Å²) in [6.45, 7) is 7.33. The normalized spacial score (nSPS) is 14.9. The van der Waals surface area contributed by atoms with E-state index in [1.54, 1.807) is 0 Å². The molecular weight excluding hydrogens is 623 g/mol. The molecular formula is C34H48O6Sn. The summed E-state index contributed by atoms with van der Waals surface area (Å²) >= 11 is -3.03. The molecule has 0 saturated heterocycles. The van der Waals surface area contributed by atoms with Crippen molar-refractivity contribution in [1.82, 2.24) is 0 Å². The number of unbranched alkanes of at least 4 members (excludes halogenated alkanes) is 3. The third-order valence-corrected chi connectivity index (χ3v) is 24.4. The summed E-state index contributed by atoms with van der Waals surface area (Å²) in [7, 11) is 0. The standard InChI is InChI=1S/C22H21O6.3C4H9.Sn/c23-7-1-2-17(8-15-3-5-19-21(10-15)27-13-25-19)18(12-24)9-16-4-6-20-22(11-16)28-14-26-20;3*1-3-4-2;/h1,3-6,10-11,23-24H,7-9,12-14H2;3*1,3-4H2,2H3;/b2-1?,18-17-;;;;. The van der Waals surface area contributed by atoms with Gasteiger partial charge in [-0.2, -0.15) is 0 Å². The number of benzene rings is 2. The monoisotopic (exact) mass is 672 g/mol. The van der Waals surface area contributed by atoms with Crippen LogP contribution in [-0.2, 0) is 12.8 Å². The van der Waals surface area contributed by atoms with Crippen molar-refractivity contribution in [2.75, 3.05) is 26.8 Å².